The van der Waals surface area contributed by atoms with E-state index in [0.717, 1.165) is 0 Å². The monoisotopic (exact) mass is 273 g/mol. The Balaban J connectivity index is 3.19. The van der Waals surface area contributed by atoms with E-state index in [9.17, 15) is 13.2 Å². The molecule has 0 aliphatic heterocycles. The van der Waals surface area contributed by atoms with Crippen LogP contribution in [0.15, 0.2) is 23.1 Å². The van der Waals surface area contributed by atoms with Gasteiger partial charge >= 0.3 is 5.97 Å². The molecule has 1 aromatic carbocycles. The molecule has 7 heteroatoms. The van der Waals surface area contributed by atoms with Gasteiger partial charge in [-0.15, -0.1) is 0 Å². The van der Waals surface area contributed by atoms with Crippen LogP contribution in [0.4, 0.5) is 0 Å². The Morgan fingerprint density at radius 1 is 1.39 bits per heavy atom. The number of benzene rings is 1. The fraction of sp³-hybridized carbons (Fsp3) is 0.364. The highest BCUT2D eigenvalue weighted by Gasteiger charge is 2.19. The Bertz CT molecular complexity index is 538. The summed E-state index contributed by atoms with van der Waals surface area (Å²) in [5.74, 6) is -0.595. The predicted molar refractivity (Wildman–Crippen MR) is 64.5 cm³/mol. The zero-order valence-electron chi connectivity index (χ0n) is 10.4. The van der Waals surface area contributed by atoms with Gasteiger partial charge in [-0.1, -0.05) is 11.0 Å². The molecule has 0 fully saturated rings. The van der Waals surface area contributed by atoms with Gasteiger partial charge in [0.1, 0.15) is 0 Å². The number of hydrogen-bond acceptors (Lipinski definition) is 5. The summed E-state index contributed by atoms with van der Waals surface area (Å²) in [5, 5.41) is 0. The van der Waals surface area contributed by atoms with Crippen molar-refractivity contribution in [3.63, 3.8) is 0 Å². The molecule has 0 aliphatic rings. The third-order valence-electron chi connectivity index (χ3n) is 2.21. The molecule has 6 nitrogen and oxygen atoms in total. The Kier molecular flexibility index (Phi) is 4.83. The Hall–Kier alpha value is -1.44. The minimum atomic E-state index is -3.80. The van der Waals surface area contributed by atoms with Gasteiger partial charge < -0.3 is 4.74 Å². The van der Waals surface area contributed by atoms with Crippen LogP contribution in [0.25, 0.3) is 0 Å². The summed E-state index contributed by atoms with van der Waals surface area (Å²) in [7, 11) is -2.57. The lowest BCUT2D eigenvalue weighted by Crippen LogP contribution is -2.25. The highest BCUT2D eigenvalue weighted by Crippen LogP contribution is 2.17. The molecule has 1 aromatic rings. The van der Waals surface area contributed by atoms with Gasteiger partial charge in [-0.25, -0.2) is 13.2 Å². The van der Waals surface area contributed by atoms with Crippen molar-refractivity contribution in [2.24, 2.45) is 0 Å². The predicted octanol–water partition coefficient (Wildman–Crippen LogP) is 1.01. The summed E-state index contributed by atoms with van der Waals surface area (Å²) in [5.41, 5.74) is 0.676. The van der Waals surface area contributed by atoms with Gasteiger partial charge in [0.25, 0.3) is 10.0 Å². The van der Waals surface area contributed by atoms with E-state index in [0.29, 0.717) is 5.56 Å². The average Bonchev–Trinajstić information content (AvgIpc) is 2.35. The van der Waals surface area contributed by atoms with E-state index in [4.69, 9.17) is 0 Å². The van der Waals surface area contributed by atoms with Gasteiger partial charge in [0.15, 0.2) is 0 Å². The molecule has 100 valence electrons. The van der Waals surface area contributed by atoms with Crippen molar-refractivity contribution < 1.29 is 22.8 Å². The number of hydrogen-bond donors (Lipinski definition) is 1. The number of aryl methyl sites for hydroxylation is 1. The topological polar surface area (TPSA) is 81.7 Å². The standard InChI is InChI=1S/C11H15NO5S/c1-4-17-12-18(14,15)10-7-9(11(13)16-3)6-5-8(10)2/h5-7,12H,4H2,1-3H3. The number of ether oxygens (including phenoxy) is 1. The molecular formula is C11H15NO5S. The van der Waals surface area contributed by atoms with Crippen LogP contribution in [0.2, 0.25) is 0 Å². The maximum Gasteiger partial charge on any atom is 0.337 e. The van der Waals surface area contributed by atoms with Crippen LogP contribution in [0.5, 0.6) is 0 Å². The van der Waals surface area contributed by atoms with Crippen LogP contribution < -0.4 is 4.89 Å². The first kappa shape index (κ1) is 14.6. The molecule has 18 heavy (non-hydrogen) atoms. The molecule has 0 amide bonds. The van der Waals surface area contributed by atoms with E-state index in [-0.39, 0.29) is 17.1 Å². The van der Waals surface area contributed by atoms with E-state index >= 15 is 0 Å². The molecule has 0 aliphatic carbocycles. The normalized spacial score (nSPS) is 11.3. The second-order valence-corrected chi connectivity index (χ2v) is 5.11. The fourth-order valence-electron chi connectivity index (χ4n) is 1.32. The minimum Gasteiger partial charge on any atom is -0.465 e. The maximum atomic E-state index is 11.9. The third kappa shape index (κ3) is 3.28. The molecule has 0 atom stereocenters. The summed E-state index contributed by atoms with van der Waals surface area (Å²) in [4.78, 5) is 18.0. The number of esters is 1. The van der Waals surface area contributed by atoms with Crippen molar-refractivity contribution >= 4 is 16.0 Å². The summed E-state index contributed by atoms with van der Waals surface area (Å²) >= 11 is 0. The molecular weight excluding hydrogens is 258 g/mol. The number of rotatable bonds is 5. The SMILES string of the molecule is CCONS(=O)(=O)c1cc(C(=O)OC)ccc1C. The zero-order chi connectivity index (χ0) is 13.8. The minimum absolute atomic E-state index is 0.0150. The fourth-order valence-corrected chi connectivity index (χ4v) is 2.45. The first-order valence-corrected chi connectivity index (χ1v) is 6.73. The van der Waals surface area contributed by atoms with E-state index in [1.165, 1.54) is 25.3 Å². The molecule has 1 rings (SSSR count). The molecule has 0 saturated carbocycles. The summed E-state index contributed by atoms with van der Waals surface area (Å²) in [6.07, 6.45) is 0. The Morgan fingerprint density at radius 3 is 2.61 bits per heavy atom. The van der Waals surface area contributed by atoms with Crippen molar-refractivity contribution in [1.29, 1.82) is 0 Å². The molecule has 0 saturated heterocycles. The van der Waals surface area contributed by atoms with Crippen LogP contribution >= 0.6 is 0 Å². The Morgan fingerprint density at radius 2 is 2.06 bits per heavy atom. The summed E-state index contributed by atoms with van der Waals surface area (Å²) in [6.45, 7) is 3.48. The van der Waals surface area contributed by atoms with Gasteiger partial charge in [-0.05, 0) is 31.5 Å². The highest BCUT2D eigenvalue weighted by atomic mass is 32.2. The highest BCUT2D eigenvalue weighted by molar-refractivity contribution is 7.89. The van der Waals surface area contributed by atoms with Gasteiger partial charge in [-0.3, -0.25) is 4.84 Å². The van der Waals surface area contributed by atoms with Crippen molar-refractivity contribution in [2.45, 2.75) is 18.7 Å². The molecule has 0 unspecified atom stereocenters. The van der Waals surface area contributed by atoms with Gasteiger partial charge in [0, 0.05) is 0 Å². The number of methoxy groups -OCH3 is 1. The van der Waals surface area contributed by atoms with Crippen molar-refractivity contribution in [2.75, 3.05) is 13.7 Å². The quantitative estimate of drug-likeness (QED) is 0.639. The molecule has 0 bridgehead atoms. The van der Waals surface area contributed by atoms with E-state index in [1.807, 2.05) is 4.89 Å². The second-order valence-electron chi connectivity index (χ2n) is 3.49. The van der Waals surface area contributed by atoms with Crippen molar-refractivity contribution in [3.05, 3.63) is 29.3 Å². The lowest BCUT2D eigenvalue weighted by molar-refractivity contribution is 0.0600. The average molecular weight is 273 g/mol. The van der Waals surface area contributed by atoms with Crippen LogP contribution in [0.1, 0.15) is 22.8 Å². The first-order chi connectivity index (χ1) is 8.42. The smallest absolute Gasteiger partial charge is 0.337 e. The third-order valence-corrected chi connectivity index (χ3v) is 3.57. The zero-order valence-corrected chi connectivity index (χ0v) is 11.2. The first-order valence-electron chi connectivity index (χ1n) is 5.25. The van der Waals surface area contributed by atoms with E-state index in [2.05, 4.69) is 9.57 Å². The van der Waals surface area contributed by atoms with Crippen LogP contribution in [-0.2, 0) is 19.6 Å². The van der Waals surface area contributed by atoms with Gasteiger partial charge in [0.05, 0.1) is 24.2 Å². The number of sulfonamides is 1. The molecule has 0 spiro atoms. The second kappa shape index (κ2) is 5.94. The molecule has 0 heterocycles. The van der Waals surface area contributed by atoms with E-state index < -0.39 is 16.0 Å². The van der Waals surface area contributed by atoms with Crippen LogP contribution in [0, 0.1) is 6.92 Å². The molecule has 1 N–H and O–H groups in total. The largest absolute Gasteiger partial charge is 0.465 e. The van der Waals surface area contributed by atoms with Gasteiger partial charge in [0.2, 0.25) is 0 Å². The lowest BCUT2D eigenvalue weighted by Gasteiger charge is -2.09. The van der Waals surface area contributed by atoms with Crippen molar-refractivity contribution in [1.82, 2.24) is 4.89 Å². The maximum absolute atomic E-state index is 11.9. The van der Waals surface area contributed by atoms with Crippen molar-refractivity contribution in [3.8, 4) is 0 Å². The summed E-state index contributed by atoms with van der Waals surface area (Å²) in [6, 6.07) is 4.29. The number of carbonyl (C=O) groups is 1. The van der Waals surface area contributed by atoms with Crippen LogP contribution in [0.3, 0.4) is 0 Å². The summed E-state index contributed by atoms with van der Waals surface area (Å²) < 4.78 is 28.3. The Labute approximate surface area is 106 Å². The molecule has 0 aromatic heterocycles. The lowest BCUT2D eigenvalue weighted by atomic mass is 10.1. The number of nitrogens with one attached hydrogen (secondary N) is 1. The van der Waals surface area contributed by atoms with E-state index in [1.54, 1.807) is 13.8 Å². The van der Waals surface area contributed by atoms with Crippen LogP contribution in [-0.4, -0.2) is 28.1 Å². The van der Waals surface area contributed by atoms with Gasteiger partial charge in [-0.2, -0.15) is 0 Å². The molecule has 0 radical (unpaired) electrons. The number of carbonyl (C=O) groups excluding carboxylic acids is 1.